The molecule has 4 rings (SSSR count). The number of methoxy groups -OCH3 is 1. The van der Waals surface area contributed by atoms with Crippen molar-refractivity contribution in [3.63, 3.8) is 0 Å². The second-order valence-electron chi connectivity index (χ2n) is 6.73. The van der Waals surface area contributed by atoms with Crippen LogP contribution < -0.4 is 4.74 Å². The van der Waals surface area contributed by atoms with E-state index in [0.29, 0.717) is 13.2 Å². The van der Waals surface area contributed by atoms with Crippen LogP contribution in [0.3, 0.4) is 0 Å². The molecule has 0 N–H and O–H groups in total. The van der Waals surface area contributed by atoms with Crippen LogP contribution in [0.2, 0.25) is 0 Å². The van der Waals surface area contributed by atoms with E-state index in [-0.39, 0.29) is 6.04 Å². The molecule has 0 spiro atoms. The number of nitrogens with zero attached hydrogens (tertiary/aromatic N) is 5. The van der Waals surface area contributed by atoms with Gasteiger partial charge in [-0.2, -0.15) is 5.10 Å². The Morgan fingerprint density at radius 3 is 2.96 bits per heavy atom. The number of benzene rings is 1. The smallest absolute Gasteiger partial charge is 0.330 e. The largest absolute Gasteiger partial charge is 0.491 e. The standard InChI is InChI=1S/C20H21N5O3/c1-13(2)25-20(21-12-22-25)16-11-24-8-9-28-17-10-14(5-7-18(26)27-3)4-6-15(17)19(24)23-16/h4-7,10-13H,8-9H2,1-3H3/b7-5+. The highest BCUT2D eigenvalue weighted by Crippen LogP contribution is 2.34. The Bertz CT molecular complexity index is 1050. The molecule has 0 fully saturated rings. The van der Waals surface area contributed by atoms with Gasteiger partial charge in [-0.15, -0.1) is 0 Å². The fourth-order valence-corrected chi connectivity index (χ4v) is 3.15. The number of ether oxygens (including phenoxy) is 2. The van der Waals surface area contributed by atoms with Crippen molar-refractivity contribution < 1.29 is 14.3 Å². The fraction of sp³-hybridized carbons (Fsp3) is 0.300. The molecule has 3 heterocycles. The molecule has 28 heavy (non-hydrogen) atoms. The van der Waals surface area contributed by atoms with Gasteiger partial charge in [0.2, 0.25) is 0 Å². The quantitative estimate of drug-likeness (QED) is 0.512. The molecule has 0 saturated carbocycles. The van der Waals surface area contributed by atoms with Gasteiger partial charge < -0.3 is 14.0 Å². The van der Waals surface area contributed by atoms with Crippen molar-refractivity contribution >= 4 is 12.0 Å². The number of fused-ring (bicyclic) bond motifs is 3. The van der Waals surface area contributed by atoms with Gasteiger partial charge in [0.15, 0.2) is 5.82 Å². The molecular weight excluding hydrogens is 358 g/mol. The average molecular weight is 379 g/mol. The Labute approximate surface area is 162 Å². The lowest BCUT2D eigenvalue weighted by Crippen LogP contribution is -2.06. The Hall–Kier alpha value is -3.42. The van der Waals surface area contributed by atoms with E-state index in [9.17, 15) is 4.79 Å². The molecule has 1 aliphatic rings. The maximum atomic E-state index is 11.3. The summed E-state index contributed by atoms with van der Waals surface area (Å²) in [6, 6.07) is 5.96. The molecule has 1 aliphatic heterocycles. The second-order valence-corrected chi connectivity index (χ2v) is 6.73. The minimum absolute atomic E-state index is 0.193. The van der Waals surface area contributed by atoms with E-state index in [4.69, 9.17) is 9.72 Å². The van der Waals surface area contributed by atoms with E-state index < -0.39 is 5.97 Å². The molecule has 8 nitrogen and oxygen atoms in total. The van der Waals surface area contributed by atoms with Crippen molar-refractivity contribution in [1.82, 2.24) is 24.3 Å². The average Bonchev–Trinajstić information content (AvgIpc) is 3.30. The molecule has 1 aromatic carbocycles. The number of esters is 1. The minimum atomic E-state index is -0.398. The first-order chi connectivity index (χ1) is 13.6. The Morgan fingerprint density at radius 2 is 2.18 bits per heavy atom. The molecule has 144 valence electrons. The van der Waals surface area contributed by atoms with Gasteiger partial charge in [0, 0.05) is 18.3 Å². The predicted molar refractivity (Wildman–Crippen MR) is 104 cm³/mol. The summed E-state index contributed by atoms with van der Waals surface area (Å²) in [6.07, 6.45) is 6.62. The molecule has 0 radical (unpaired) electrons. The molecule has 8 heteroatoms. The number of aromatic nitrogens is 5. The summed E-state index contributed by atoms with van der Waals surface area (Å²) < 4.78 is 14.5. The zero-order chi connectivity index (χ0) is 19.7. The maximum absolute atomic E-state index is 11.3. The van der Waals surface area contributed by atoms with E-state index in [2.05, 4.69) is 33.2 Å². The van der Waals surface area contributed by atoms with Gasteiger partial charge >= 0.3 is 5.97 Å². The van der Waals surface area contributed by atoms with Crippen LogP contribution in [0.15, 0.2) is 36.8 Å². The number of hydrogen-bond acceptors (Lipinski definition) is 6. The summed E-state index contributed by atoms with van der Waals surface area (Å²) >= 11 is 0. The second kappa shape index (κ2) is 7.30. The maximum Gasteiger partial charge on any atom is 0.330 e. The van der Waals surface area contributed by atoms with Gasteiger partial charge in [-0.1, -0.05) is 6.07 Å². The van der Waals surface area contributed by atoms with E-state index in [1.54, 1.807) is 12.4 Å². The van der Waals surface area contributed by atoms with E-state index in [1.165, 1.54) is 13.2 Å². The third kappa shape index (κ3) is 3.28. The molecule has 0 bridgehead atoms. The summed E-state index contributed by atoms with van der Waals surface area (Å²) in [5, 5.41) is 4.30. The highest BCUT2D eigenvalue weighted by molar-refractivity contribution is 5.87. The van der Waals surface area contributed by atoms with Gasteiger partial charge in [-0.3, -0.25) is 0 Å². The monoisotopic (exact) mass is 379 g/mol. The molecular formula is C20H21N5O3. The Balaban J connectivity index is 1.73. The molecule has 0 saturated heterocycles. The minimum Gasteiger partial charge on any atom is -0.491 e. The van der Waals surface area contributed by atoms with Gasteiger partial charge in [0.1, 0.15) is 30.2 Å². The number of carbonyl (C=O) groups is 1. The number of hydrogen-bond donors (Lipinski definition) is 0. The highest BCUT2D eigenvalue weighted by atomic mass is 16.5. The lowest BCUT2D eigenvalue weighted by molar-refractivity contribution is -0.134. The lowest BCUT2D eigenvalue weighted by atomic mass is 10.1. The van der Waals surface area contributed by atoms with Crippen molar-refractivity contribution in [2.24, 2.45) is 0 Å². The summed E-state index contributed by atoms with van der Waals surface area (Å²) in [5.41, 5.74) is 2.53. The van der Waals surface area contributed by atoms with Gasteiger partial charge in [0.25, 0.3) is 0 Å². The third-order valence-electron chi connectivity index (χ3n) is 4.52. The predicted octanol–water partition coefficient (Wildman–Crippen LogP) is 2.97. The topological polar surface area (TPSA) is 84.1 Å². The van der Waals surface area contributed by atoms with Crippen molar-refractivity contribution in [3.05, 3.63) is 42.4 Å². The van der Waals surface area contributed by atoms with Crippen LogP contribution in [-0.2, 0) is 16.1 Å². The van der Waals surface area contributed by atoms with E-state index >= 15 is 0 Å². The van der Waals surface area contributed by atoms with Crippen LogP contribution in [0.5, 0.6) is 5.75 Å². The van der Waals surface area contributed by atoms with Crippen LogP contribution in [0.4, 0.5) is 0 Å². The molecule has 2 aromatic heterocycles. The Kier molecular flexibility index (Phi) is 4.68. The Morgan fingerprint density at radius 1 is 1.32 bits per heavy atom. The SMILES string of the molecule is COC(=O)/C=C/c1ccc2c(c1)OCCn1cc(-c3ncnn3C(C)C)nc1-2. The zero-order valence-corrected chi connectivity index (χ0v) is 16.0. The van der Waals surface area contributed by atoms with Crippen LogP contribution in [0.1, 0.15) is 25.5 Å². The van der Waals surface area contributed by atoms with E-state index in [0.717, 1.165) is 34.2 Å². The van der Waals surface area contributed by atoms with Crippen molar-refractivity contribution in [2.75, 3.05) is 13.7 Å². The van der Waals surface area contributed by atoms with Gasteiger partial charge in [-0.05, 0) is 37.6 Å². The molecule has 0 unspecified atom stereocenters. The van der Waals surface area contributed by atoms with Gasteiger partial charge in [-0.25, -0.2) is 19.4 Å². The fourth-order valence-electron chi connectivity index (χ4n) is 3.15. The number of imidazole rings is 1. The normalized spacial score (nSPS) is 13.1. The van der Waals surface area contributed by atoms with Gasteiger partial charge in [0.05, 0.1) is 19.2 Å². The van der Waals surface area contributed by atoms with E-state index in [1.807, 2.05) is 29.1 Å². The summed E-state index contributed by atoms with van der Waals surface area (Å²) in [5.74, 6) is 1.90. The van der Waals surface area contributed by atoms with Crippen molar-refractivity contribution in [3.8, 4) is 28.7 Å². The molecule has 0 aliphatic carbocycles. The first-order valence-electron chi connectivity index (χ1n) is 9.07. The molecule has 3 aromatic rings. The zero-order valence-electron chi connectivity index (χ0n) is 16.0. The van der Waals surface area contributed by atoms with Crippen molar-refractivity contribution in [1.29, 1.82) is 0 Å². The van der Waals surface area contributed by atoms with Crippen LogP contribution in [-0.4, -0.2) is 44.0 Å². The highest BCUT2D eigenvalue weighted by Gasteiger charge is 2.21. The number of carbonyl (C=O) groups excluding carboxylic acids is 1. The molecule has 0 atom stereocenters. The van der Waals surface area contributed by atoms with Crippen LogP contribution >= 0.6 is 0 Å². The lowest BCUT2D eigenvalue weighted by Gasteiger charge is -2.08. The summed E-state index contributed by atoms with van der Waals surface area (Å²) in [6.45, 7) is 5.33. The summed E-state index contributed by atoms with van der Waals surface area (Å²) in [7, 11) is 1.35. The van der Waals surface area contributed by atoms with Crippen LogP contribution in [0, 0.1) is 0 Å². The first-order valence-corrected chi connectivity index (χ1v) is 9.07. The first kappa shape index (κ1) is 18.0. The van der Waals surface area contributed by atoms with Crippen LogP contribution in [0.25, 0.3) is 29.0 Å². The third-order valence-corrected chi connectivity index (χ3v) is 4.52. The van der Waals surface area contributed by atoms with Crippen molar-refractivity contribution in [2.45, 2.75) is 26.4 Å². The summed E-state index contributed by atoms with van der Waals surface area (Å²) in [4.78, 5) is 20.5. The molecule has 0 amide bonds. The number of rotatable bonds is 4.